The number of hydrogen-bond acceptors (Lipinski definition) is 6. The van der Waals surface area contributed by atoms with Crippen LogP contribution in [0.15, 0.2) is 31.1 Å². The standard InChI is InChI=1S/C16H18N4O3/c1-4-15(21)20-7-10(8-20)23-14-5-11-12(6-13(14)22-3)18-9-19-16(11)17-2/h4-6,9-10H,1,7-8H2,2-3H3,(H,17,18,19). The van der Waals surface area contributed by atoms with Crippen molar-refractivity contribution in [2.45, 2.75) is 6.10 Å². The van der Waals surface area contributed by atoms with E-state index >= 15 is 0 Å². The number of aromatic nitrogens is 2. The van der Waals surface area contributed by atoms with Crippen LogP contribution in [-0.2, 0) is 4.79 Å². The first-order valence-corrected chi connectivity index (χ1v) is 7.24. The van der Waals surface area contributed by atoms with E-state index in [4.69, 9.17) is 9.47 Å². The lowest BCUT2D eigenvalue weighted by Crippen LogP contribution is -2.55. The van der Waals surface area contributed by atoms with Crippen LogP contribution in [0.25, 0.3) is 10.9 Å². The number of carbonyl (C=O) groups is 1. The summed E-state index contributed by atoms with van der Waals surface area (Å²) in [6.07, 6.45) is 2.75. The van der Waals surface area contributed by atoms with E-state index in [9.17, 15) is 4.79 Å². The number of rotatable bonds is 5. The van der Waals surface area contributed by atoms with Gasteiger partial charge in [0.15, 0.2) is 11.5 Å². The second-order valence-corrected chi connectivity index (χ2v) is 5.18. The summed E-state index contributed by atoms with van der Waals surface area (Å²) in [5, 5.41) is 3.89. The fourth-order valence-corrected chi connectivity index (χ4v) is 2.52. The van der Waals surface area contributed by atoms with Gasteiger partial charge < -0.3 is 19.7 Å². The first-order valence-electron chi connectivity index (χ1n) is 7.24. The highest BCUT2D eigenvalue weighted by molar-refractivity contribution is 5.91. The molecular weight excluding hydrogens is 296 g/mol. The largest absolute Gasteiger partial charge is 0.493 e. The Balaban J connectivity index is 1.85. The van der Waals surface area contributed by atoms with Gasteiger partial charge in [0, 0.05) is 18.5 Å². The highest BCUT2D eigenvalue weighted by atomic mass is 16.5. The molecule has 1 aromatic heterocycles. The molecule has 0 saturated carbocycles. The Morgan fingerprint density at radius 3 is 2.83 bits per heavy atom. The van der Waals surface area contributed by atoms with Crippen LogP contribution in [0, 0.1) is 0 Å². The maximum absolute atomic E-state index is 11.5. The zero-order valence-electron chi connectivity index (χ0n) is 13.1. The molecule has 7 nitrogen and oxygen atoms in total. The van der Waals surface area contributed by atoms with E-state index in [1.165, 1.54) is 12.4 Å². The number of anilines is 1. The first-order chi connectivity index (χ1) is 11.2. The Bertz CT molecular complexity index is 756. The predicted octanol–water partition coefficient (Wildman–Crippen LogP) is 1.46. The summed E-state index contributed by atoms with van der Waals surface area (Å²) in [5.74, 6) is 1.86. The summed E-state index contributed by atoms with van der Waals surface area (Å²) in [6.45, 7) is 4.56. The van der Waals surface area contributed by atoms with E-state index in [1.807, 2.05) is 12.1 Å². The highest BCUT2D eigenvalue weighted by Crippen LogP contribution is 2.35. The zero-order valence-corrected chi connectivity index (χ0v) is 13.1. The van der Waals surface area contributed by atoms with E-state index in [0.29, 0.717) is 24.6 Å². The predicted molar refractivity (Wildman–Crippen MR) is 86.8 cm³/mol. The molecule has 2 heterocycles. The number of benzene rings is 1. The molecule has 0 atom stereocenters. The van der Waals surface area contributed by atoms with Gasteiger partial charge in [-0.3, -0.25) is 4.79 Å². The van der Waals surface area contributed by atoms with Crippen LogP contribution in [0.1, 0.15) is 0 Å². The van der Waals surface area contributed by atoms with Crippen LogP contribution in [0.2, 0.25) is 0 Å². The van der Waals surface area contributed by atoms with Gasteiger partial charge in [0.05, 0.1) is 25.7 Å². The Hall–Kier alpha value is -2.83. The van der Waals surface area contributed by atoms with E-state index in [2.05, 4.69) is 21.9 Å². The molecule has 7 heteroatoms. The number of carbonyl (C=O) groups excluding carboxylic acids is 1. The maximum atomic E-state index is 11.5. The van der Waals surface area contributed by atoms with Crippen molar-refractivity contribution in [1.29, 1.82) is 0 Å². The van der Waals surface area contributed by atoms with Crippen molar-refractivity contribution in [3.05, 3.63) is 31.1 Å². The van der Waals surface area contributed by atoms with Crippen LogP contribution in [-0.4, -0.2) is 54.1 Å². The Kier molecular flexibility index (Phi) is 4.01. The van der Waals surface area contributed by atoms with E-state index in [1.54, 1.807) is 19.1 Å². The molecule has 0 spiro atoms. The van der Waals surface area contributed by atoms with E-state index in [-0.39, 0.29) is 12.0 Å². The summed E-state index contributed by atoms with van der Waals surface area (Å²) < 4.78 is 11.4. The van der Waals surface area contributed by atoms with E-state index < -0.39 is 0 Å². The number of likely N-dealkylation sites (tertiary alicyclic amines) is 1. The lowest BCUT2D eigenvalue weighted by molar-refractivity contribution is -0.134. The molecule has 1 amide bonds. The highest BCUT2D eigenvalue weighted by Gasteiger charge is 2.31. The summed E-state index contributed by atoms with van der Waals surface area (Å²) >= 11 is 0. The van der Waals surface area contributed by atoms with Crippen molar-refractivity contribution >= 4 is 22.6 Å². The lowest BCUT2D eigenvalue weighted by atomic mass is 10.1. The molecule has 1 saturated heterocycles. The number of nitrogens with zero attached hydrogens (tertiary/aromatic N) is 3. The van der Waals surface area contributed by atoms with Crippen molar-refractivity contribution in [3.8, 4) is 11.5 Å². The third-order valence-corrected chi connectivity index (χ3v) is 3.79. The Labute approximate surface area is 133 Å². The summed E-state index contributed by atoms with van der Waals surface area (Å²) in [7, 11) is 3.39. The average molecular weight is 314 g/mol. The summed E-state index contributed by atoms with van der Waals surface area (Å²) in [6, 6.07) is 3.68. The maximum Gasteiger partial charge on any atom is 0.246 e. The quantitative estimate of drug-likeness (QED) is 0.842. The molecule has 120 valence electrons. The van der Waals surface area contributed by atoms with Crippen molar-refractivity contribution in [3.63, 3.8) is 0 Å². The third kappa shape index (κ3) is 2.77. The summed E-state index contributed by atoms with van der Waals surface area (Å²) in [4.78, 5) is 21.6. The normalized spacial score (nSPS) is 14.3. The second kappa shape index (κ2) is 6.12. The van der Waals surface area contributed by atoms with Gasteiger partial charge in [-0.15, -0.1) is 0 Å². The number of methoxy groups -OCH3 is 1. The smallest absolute Gasteiger partial charge is 0.246 e. The second-order valence-electron chi connectivity index (χ2n) is 5.18. The van der Waals surface area contributed by atoms with Gasteiger partial charge in [-0.05, 0) is 12.1 Å². The first kappa shape index (κ1) is 15.1. The van der Waals surface area contributed by atoms with Crippen molar-refractivity contribution < 1.29 is 14.3 Å². The van der Waals surface area contributed by atoms with Crippen LogP contribution in [0.5, 0.6) is 11.5 Å². The monoisotopic (exact) mass is 314 g/mol. The Morgan fingerprint density at radius 1 is 1.39 bits per heavy atom. The van der Waals surface area contributed by atoms with Gasteiger partial charge in [-0.25, -0.2) is 9.97 Å². The number of amides is 1. The van der Waals surface area contributed by atoms with Crippen molar-refractivity contribution in [2.24, 2.45) is 0 Å². The number of nitrogens with one attached hydrogen (secondary N) is 1. The average Bonchev–Trinajstić information content (AvgIpc) is 2.55. The van der Waals surface area contributed by atoms with Gasteiger partial charge in [0.2, 0.25) is 5.91 Å². The van der Waals surface area contributed by atoms with Gasteiger partial charge in [0.1, 0.15) is 18.2 Å². The topological polar surface area (TPSA) is 76.6 Å². The van der Waals surface area contributed by atoms with E-state index in [0.717, 1.165) is 16.7 Å². The molecular formula is C16H18N4O3. The zero-order chi connectivity index (χ0) is 16.4. The fraction of sp³-hybridized carbons (Fsp3) is 0.312. The minimum Gasteiger partial charge on any atom is -0.493 e. The molecule has 2 aromatic rings. The number of hydrogen-bond donors (Lipinski definition) is 1. The molecule has 0 aliphatic carbocycles. The molecule has 1 fully saturated rings. The molecule has 0 unspecified atom stereocenters. The molecule has 3 rings (SSSR count). The Morgan fingerprint density at radius 2 is 2.17 bits per heavy atom. The molecule has 0 bridgehead atoms. The molecule has 1 aromatic carbocycles. The van der Waals surface area contributed by atoms with Gasteiger partial charge in [-0.2, -0.15) is 0 Å². The van der Waals surface area contributed by atoms with Crippen LogP contribution < -0.4 is 14.8 Å². The fourth-order valence-electron chi connectivity index (χ4n) is 2.52. The molecule has 1 aliphatic heterocycles. The number of fused-ring (bicyclic) bond motifs is 1. The molecule has 1 aliphatic rings. The molecule has 1 N–H and O–H groups in total. The lowest BCUT2D eigenvalue weighted by Gasteiger charge is -2.38. The number of ether oxygens (including phenoxy) is 2. The van der Waals surface area contributed by atoms with Crippen molar-refractivity contribution in [2.75, 3.05) is 32.6 Å². The molecule has 0 radical (unpaired) electrons. The minimum atomic E-state index is -0.0822. The molecule has 23 heavy (non-hydrogen) atoms. The minimum absolute atomic E-state index is 0.0621. The van der Waals surface area contributed by atoms with Crippen LogP contribution in [0.4, 0.5) is 5.82 Å². The van der Waals surface area contributed by atoms with Crippen LogP contribution in [0.3, 0.4) is 0 Å². The SMILES string of the molecule is C=CC(=O)N1CC(Oc2cc3c(NC)ncnc3cc2OC)C1. The van der Waals surface area contributed by atoms with Gasteiger partial charge in [0.25, 0.3) is 0 Å². The van der Waals surface area contributed by atoms with Gasteiger partial charge >= 0.3 is 0 Å². The van der Waals surface area contributed by atoms with Crippen LogP contribution >= 0.6 is 0 Å². The summed E-state index contributed by atoms with van der Waals surface area (Å²) in [5.41, 5.74) is 0.769. The van der Waals surface area contributed by atoms with Gasteiger partial charge in [-0.1, -0.05) is 6.58 Å². The third-order valence-electron chi connectivity index (χ3n) is 3.79. The van der Waals surface area contributed by atoms with Crippen molar-refractivity contribution in [1.82, 2.24) is 14.9 Å².